The average molecular weight is 498 g/mol. The molecule has 9 heteroatoms. The molecule has 4 rings (SSSR count). The summed E-state index contributed by atoms with van der Waals surface area (Å²) >= 11 is 3.37. The molecule has 0 bridgehead atoms. The molecule has 2 N–H and O–H groups in total. The van der Waals surface area contributed by atoms with E-state index in [1.165, 1.54) is 4.57 Å². The van der Waals surface area contributed by atoms with Crippen LogP contribution in [0.1, 0.15) is 30.1 Å². The van der Waals surface area contributed by atoms with Gasteiger partial charge in [-0.05, 0) is 56.2 Å². The Bertz CT molecular complexity index is 1200. The number of carbonyl (C=O) groups excluding carboxylic acids is 2. The summed E-state index contributed by atoms with van der Waals surface area (Å²) in [6.07, 6.45) is 1.14. The van der Waals surface area contributed by atoms with Crippen molar-refractivity contribution in [2.24, 2.45) is 5.92 Å². The monoisotopic (exact) mass is 497 g/mol. The highest BCUT2D eigenvalue weighted by atomic mass is 79.9. The topological polar surface area (TPSA) is 96.3 Å². The molecule has 0 radical (unpaired) electrons. The standard InChI is InChI=1S/C23H24BrN5O3/c1-2-29-22(32)18-5-3-4-6-19(18)25-23(29)27-26-20(30)15-11-13-28(14-12-15)21(31)16-7-9-17(24)10-8-16/h3-10,15H,2,11-14H2,1H3,(H,25,27)(H,26,30). The SMILES string of the molecule is CCn1c(NNC(=O)C2CCN(C(=O)c3ccc(Br)cc3)CC2)nc2ccccc2c1=O. The van der Waals surface area contributed by atoms with Crippen LogP contribution in [-0.2, 0) is 11.3 Å². The Hall–Kier alpha value is -3.20. The van der Waals surface area contributed by atoms with Gasteiger partial charge in [-0.3, -0.25) is 29.8 Å². The zero-order valence-electron chi connectivity index (χ0n) is 17.7. The third-order valence-electron chi connectivity index (χ3n) is 5.72. The van der Waals surface area contributed by atoms with Crippen molar-refractivity contribution in [3.8, 4) is 0 Å². The van der Waals surface area contributed by atoms with Gasteiger partial charge in [-0.2, -0.15) is 0 Å². The van der Waals surface area contributed by atoms with Crippen molar-refractivity contribution in [1.82, 2.24) is 19.9 Å². The van der Waals surface area contributed by atoms with E-state index < -0.39 is 0 Å². The smallest absolute Gasteiger partial charge is 0.262 e. The molecular weight excluding hydrogens is 474 g/mol. The van der Waals surface area contributed by atoms with Gasteiger partial charge in [0.05, 0.1) is 10.9 Å². The Morgan fingerprint density at radius 3 is 2.47 bits per heavy atom. The highest BCUT2D eigenvalue weighted by molar-refractivity contribution is 9.10. The molecule has 2 heterocycles. The molecule has 0 spiro atoms. The average Bonchev–Trinajstić information content (AvgIpc) is 2.83. The number of amides is 2. The molecule has 3 aromatic rings. The van der Waals surface area contributed by atoms with Crippen LogP contribution >= 0.6 is 15.9 Å². The van der Waals surface area contributed by atoms with Crippen LogP contribution in [0.3, 0.4) is 0 Å². The van der Waals surface area contributed by atoms with E-state index in [2.05, 4.69) is 31.8 Å². The number of para-hydroxylation sites is 1. The van der Waals surface area contributed by atoms with Crippen LogP contribution in [0.5, 0.6) is 0 Å². The lowest BCUT2D eigenvalue weighted by atomic mass is 9.95. The number of benzene rings is 2. The van der Waals surface area contributed by atoms with E-state index in [1.54, 1.807) is 35.2 Å². The largest absolute Gasteiger partial charge is 0.339 e. The minimum atomic E-state index is -0.223. The van der Waals surface area contributed by atoms with Crippen LogP contribution in [0.2, 0.25) is 0 Å². The molecule has 0 atom stereocenters. The Balaban J connectivity index is 1.37. The Kier molecular flexibility index (Phi) is 6.55. The van der Waals surface area contributed by atoms with Gasteiger partial charge in [0, 0.05) is 35.6 Å². The van der Waals surface area contributed by atoms with Crippen LogP contribution in [0.25, 0.3) is 10.9 Å². The lowest BCUT2D eigenvalue weighted by molar-refractivity contribution is -0.125. The molecule has 1 aliphatic rings. The van der Waals surface area contributed by atoms with E-state index in [4.69, 9.17) is 0 Å². The van der Waals surface area contributed by atoms with Crippen molar-refractivity contribution in [3.63, 3.8) is 0 Å². The fourth-order valence-corrected chi connectivity index (χ4v) is 4.16. The number of nitrogens with one attached hydrogen (secondary N) is 2. The predicted octanol–water partition coefficient (Wildman–Crippen LogP) is 3.17. The van der Waals surface area contributed by atoms with Gasteiger partial charge >= 0.3 is 0 Å². The summed E-state index contributed by atoms with van der Waals surface area (Å²) in [5.74, 6) is -0.126. The van der Waals surface area contributed by atoms with Gasteiger partial charge < -0.3 is 4.90 Å². The van der Waals surface area contributed by atoms with Gasteiger partial charge in [-0.15, -0.1) is 0 Å². The number of piperidine rings is 1. The van der Waals surface area contributed by atoms with Gasteiger partial charge in [0.15, 0.2) is 0 Å². The first-order valence-electron chi connectivity index (χ1n) is 10.6. The third-order valence-corrected chi connectivity index (χ3v) is 6.25. The maximum absolute atomic E-state index is 12.7. The zero-order chi connectivity index (χ0) is 22.7. The quantitative estimate of drug-likeness (QED) is 0.527. The Labute approximate surface area is 193 Å². The number of hydrogen-bond acceptors (Lipinski definition) is 5. The second-order valence-corrected chi connectivity index (χ2v) is 8.61. The first-order valence-corrected chi connectivity index (χ1v) is 11.4. The molecule has 2 amide bonds. The minimum absolute atomic E-state index is 0.0261. The molecule has 1 fully saturated rings. The fraction of sp³-hybridized carbons (Fsp3) is 0.304. The number of anilines is 1. The molecule has 32 heavy (non-hydrogen) atoms. The van der Waals surface area contributed by atoms with E-state index in [-0.39, 0.29) is 23.3 Å². The molecule has 0 aliphatic carbocycles. The lowest BCUT2D eigenvalue weighted by Gasteiger charge is -2.31. The van der Waals surface area contributed by atoms with Crippen molar-refractivity contribution in [1.29, 1.82) is 0 Å². The summed E-state index contributed by atoms with van der Waals surface area (Å²) in [5, 5.41) is 0.536. The minimum Gasteiger partial charge on any atom is -0.339 e. The van der Waals surface area contributed by atoms with E-state index in [0.29, 0.717) is 54.9 Å². The number of halogens is 1. The summed E-state index contributed by atoms with van der Waals surface area (Å²) in [4.78, 5) is 44.3. The van der Waals surface area contributed by atoms with Crippen molar-refractivity contribution in [2.75, 3.05) is 18.5 Å². The summed E-state index contributed by atoms with van der Waals surface area (Å²) < 4.78 is 2.41. The van der Waals surface area contributed by atoms with Crippen molar-refractivity contribution < 1.29 is 9.59 Å². The maximum atomic E-state index is 12.7. The number of aromatic nitrogens is 2. The van der Waals surface area contributed by atoms with E-state index >= 15 is 0 Å². The first kappa shape index (κ1) is 22.0. The van der Waals surface area contributed by atoms with E-state index in [0.717, 1.165) is 4.47 Å². The summed E-state index contributed by atoms with van der Waals surface area (Å²) in [6.45, 7) is 3.30. The molecule has 166 valence electrons. The van der Waals surface area contributed by atoms with Gasteiger partial charge in [0.1, 0.15) is 0 Å². The molecule has 1 saturated heterocycles. The molecule has 1 aliphatic heterocycles. The second kappa shape index (κ2) is 9.52. The fourth-order valence-electron chi connectivity index (χ4n) is 3.90. The number of rotatable bonds is 5. The lowest BCUT2D eigenvalue weighted by Crippen LogP contribution is -2.44. The van der Waals surface area contributed by atoms with Gasteiger partial charge in [-0.25, -0.2) is 4.98 Å². The number of likely N-dealkylation sites (tertiary alicyclic amines) is 1. The highest BCUT2D eigenvalue weighted by Crippen LogP contribution is 2.20. The van der Waals surface area contributed by atoms with Crippen molar-refractivity contribution in [3.05, 3.63) is 68.9 Å². The third kappa shape index (κ3) is 4.52. The molecule has 2 aromatic carbocycles. The molecular formula is C23H24BrN5O3. The summed E-state index contributed by atoms with van der Waals surface area (Å²) in [5.41, 5.74) is 6.57. The summed E-state index contributed by atoms with van der Waals surface area (Å²) in [6, 6.07) is 14.4. The van der Waals surface area contributed by atoms with E-state index in [1.807, 2.05) is 25.1 Å². The first-order chi connectivity index (χ1) is 15.5. The van der Waals surface area contributed by atoms with E-state index in [9.17, 15) is 14.4 Å². The van der Waals surface area contributed by atoms with Crippen LogP contribution in [0.4, 0.5) is 5.95 Å². The normalized spacial score (nSPS) is 14.4. The number of nitrogens with zero attached hydrogens (tertiary/aromatic N) is 3. The molecule has 0 saturated carbocycles. The van der Waals surface area contributed by atoms with Crippen LogP contribution in [0.15, 0.2) is 57.8 Å². The van der Waals surface area contributed by atoms with Crippen molar-refractivity contribution in [2.45, 2.75) is 26.3 Å². The summed E-state index contributed by atoms with van der Waals surface area (Å²) in [7, 11) is 0. The number of fused-ring (bicyclic) bond motifs is 1. The zero-order valence-corrected chi connectivity index (χ0v) is 19.3. The van der Waals surface area contributed by atoms with Gasteiger partial charge in [0.2, 0.25) is 11.9 Å². The van der Waals surface area contributed by atoms with Crippen molar-refractivity contribution >= 4 is 44.6 Å². The number of carbonyl (C=O) groups is 2. The van der Waals surface area contributed by atoms with Crippen LogP contribution < -0.4 is 16.4 Å². The number of hydrogen-bond donors (Lipinski definition) is 2. The Morgan fingerprint density at radius 1 is 1.09 bits per heavy atom. The van der Waals surface area contributed by atoms with Gasteiger partial charge in [-0.1, -0.05) is 28.1 Å². The maximum Gasteiger partial charge on any atom is 0.262 e. The molecule has 1 aromatic heterocycles. The Morgan fingerprint density at radius 2 is 1.78 bits per heavy atom. The van der Waals surface area contributed by atoms with Crippen LogP contribution in [-0.4, -0.2) is 39.4 Å². The van der Waals surface area contributed by atoms with Crippen LogP contribution in [0, 0.1) is 5.92 Å². The van der Waals surface area contributed by atoms with Gasteiger partial charge in [0.25, 0.3) is 11.5 Å². The predicted molar refractivity (Wildman–Crippen MR) is 126 cm³/mol. The second-order valence-electron chi connectivity index (χ2n) is 7.69. The molecule has 8 nitrogen and oxygen atoms in total. The highest BCUT2D eigenvalue weighted by Gasteiger charge is 2.28. The number of hydrazine groups is 1. The molecule has 0 unspecified atom stereocenters.